The number of nitrogens with one attached hydrogen (secondary N) is 1. The smallest absolute Gasteiger partial charge is 0.241 e. The van der Waals surface area contributed by atoms with Gasteiger partial charge in [0, 0.05) is 5.54 Å². The summed E-state index contributed by atoms with van der Waals surface area (Å²) in [6.45, 7) is 5.36. The molecule has 1 heterocycles. The number of carbonyl (C=O) groups excluding carboxylic acids is 1. The molecule has 0 radical (unpaired) electrons. The Balaban J connectivity index is 2.45. The van der Waals surface area contributed by atoms with Crippen molar-refractivity contribution in [3.8, 4) is 0 Å². The van der Waals surface area contributed by atoms with Gasteiger partial charge < -0.3 is 10.2 Å². The van der Waals surface area contributed by atoms with Crippen molar-refractivity contribution in [3.05, 3.63) is 29.3 Å². The number of anilines is 1. The lowest BCUT2D eigenvalue weighted by atomic mass is 9.97. The van der Waals surface area contributed by atoms with Crippen molar-refractivity contribution >= 4 is 23.2 Å². The molecule has 0 spiro atoms. The summed E-state index contributed by atoms with van der Waals surface area (Å²) in [5.41, 5.74) is 0.582. The van der Waals surface area contributed by atoms with E-state index < -0.39 is 0 Å². The molecule has 17 heavy (non-hydrogen) atoms. The average molecular weight is 253 g/mol. The van der Waals surface area contributed by atoms with Crippen LogP contribution in [0.2, 0.25) is 5.02 Å². The molecule has 92 valence electrons. The van der Waals surface area contributed by atoms with Crippen molar-refractivity contribution < 1.29 is 4.79 Å². The second-order valence-electron chi connectivity index (χ2n) is 4.92. The number of hydrogen-bond acceptors (Lipinski definition) is 2. The maximum absolute atomic E-state index is 12.2. The van der Waals surface area contributed by atoms with E-state index in [1.54, 1.807) is 0 Å². The molecule has 3 nitrogen and oxygen atoms in total. The molecule has 0 aromatic heterocycles. The first-order valence-electron chi connectivity index (χ1n) is 5.81. The highest BCUT2D eigenvalue weighted by Gasteiger charge is 2.34. The third kappa shape index (κ3) is 2.45. The van der Waals surface area contributed by atoms with E-state index in [0.29, 0.717) is 11.6 Å². The van der Waals surface area contributed by atoms with E-state index in [4.69, 9.17) is 11.6 Å². The van der Waals surface area contributed by atoms with Crippen LogP contribution in [0.1, 0.15) is 20.3 Å². The Morgan fingerprint density at radius 3 is 2.76 bits per heavy atom. The van der Waals surface area contributed by atoms with Crippen LogP contribution in [0.5, 0.6) is 0 Å². The van der Waals surface area contributed by atoms with Gasteiger partial charge in [-0.05, 0) is 38.9 Å². The molecule has 1 aromatic carbocycles. The highest BCUT2D eigenvalue weighted by Crippen LogP contribution is 2.33. The van der Waals surface area contributed by atoms with Crippen molar-refractivity contribution in [1.82, 2.24) is 5.32 Å². The van der Waals surface area contributed by atoms with Crippen molar-refractivity contribution in [2.45, 2.75) is 25.8 Å². The van der Waals surface area contributed by atoms with E-state index in [-0.39, 0.29) is 11.4 Å². The number of para-hydroxylation sites is 1. The number of carbonyl (C=O) groups is 1. The largest absolute Gasteiger partial charge is 0.308 e. The first kappa shape index (κ1) is 12.4. The van der Waals surface area contributed by atoms with Crippen LogP contribution in [0.4, 0.5) is 5.69 Å². The molecule has 4 heteroatoms. The van der Waals surface area contributed by atoms with Gasteiger partial charge in [0.15, 0.2) is 0 Å². The molecular formula is C13H17ClN2O. The summed E-state index contributed by atoms with van der Waals surface area (Å²) in [7, 11) is 0. The molecule has 1 amide bonds. The topological polar surface area (TPSA) is 32.3 Å². The second kappa shape index (κ2) is 4.67. The first-order valence-corrected chi connectivity index (χ1v) is 6.18. The molecular weight excluding hydrogens is 236 g/mol. The third-order valence-electron chi connectivity index (χ3n) is 3.14. The van der Waals surface area contributed by atoms with Gasteiger partial charge in [-0.25, -0.2) is 0 Å². The molecule has 0 atom stereocenters. The summed E-state index contributed by atoms with van der Waals surface area (Å²) in [4.78, 5) is 14.0. The zero-order chi connectivity index (χ0) is 12.5. The molecule has 0 saturated carbocycles. The number of hydrogen-bond donors (Lipinski definition) is 1. The lowest BCUT2D eigenvalue weighted by Crippen LogP contribution is -2.48. The van der Waals surface area contributed by atoms with Crippen molar-refractivity contribution in [2.75, 3.05) is 18.0 Å². The van der Waals surface area contributed by atoms with Crippen LogP contribution in [0.25, 0.3) is 0 Å². The van der Waals surface area contributed by atoms with Gasteiger partial charge in [-0.3, -0.25) is 4.79 Å². The Bertz CT molecular complexity index is 431. The van der Waals surface area contributed by atoms with Crippen LogP contribution < -0.4 is 10.2 Å². The quantitative estimate of drug-likeness (QED) is 0.833. The van der Waals surface area contributed by atoms with Gasteiger partial charge in [0.1, 0.15) is 0 Å². The summed E-state index contributed by atoms with van der Waals surface area (Å²) in [5, 5.41) is 3.76. The Hall–Kier alpha value is -1.06. The van der Waals surface area contributed by atoms with Gasteiger partial charge in [0.25, 0.3) is 0 Å². The maximum atomic E-state index is 12.2. The minimum atomic E-state index is -0.217. The number of benzene rings is 1. The Morgan fingerprint density at radius 2 is 2.06 bits per heavy atom. The van der Waals surface area contributed by atoms with E-state index in [2.05, 4.69) is 19.2 Å². The number of halogens is 1. The molecule has 1 fully saturated rings. The fourth-order valence-corrected chi connectivity index (χ4v) is 2.43. The van der Waals surface area contributed by atoms with E-state index in [0.717, 1.165) is 18.7 Å². The minimum absolute atomic E-state index is 0.0700. The number of rotatable bonds is 1. The predicted molar refractivity (Wildman–Crippen MR) is 70.5 cm³/mol. The molecule has 0 bridgehead atoms. The van der Waals surface area contributed by atoms with Crippen molar-refractivity contribution in [2.24, 2.45) is 0 Å². The van der Waals surface area contributed by atoms with Gasteiger partial charge in [-0.2, -0.15) is 0 Å². The zero-order valence-corrected chi connectivity index (χ0v) is 10.9. The lowest BCUT2D eigenvalue weighted by Gasteiger charge is -2.37. The standard InChI is InChI=1S/C13H17ClN2O/c1-13(2)7-8-15-9-12(17)16(13)11-6-4-3-5-10(11)14/h3-6,15H,7-9H2,1-2H3. The normalized spacial score (nSPS) is 20.2. The van der Waals surface area contributed by atoms with Crippen molar-refractivity contribution in [1.29, 1.82) is 0 Å². The third-order valence-corrected chi connectivity index (χ3v) is 3.46. The molecule has 1 saturated heterocycles. The molecule has 1 aliphatic rings. The molecule has 0 aliphatic carbocycles. The van der Waals surface area contributed by atoms with Crippen LogP contribution in [0.15, 0.2) is 24.3 Å². The van der Waals surface area contributed by atoms with Gasteiger partial charge in [0.2, 0.25) is 5.91 Å². The van der Waals surface area contributed by atoms with E-state index in [1.807, 2.05) is 29.2 Å². The highest BCUT2D eigenvalue weighted by atomic mass is 35.5. The van der Waals surface area contributed by atoms with Crippen LogP contribution in [-0.2, 0) is 4.79 Å². The Kier molecular flexibility index (Phi) is 3.40. The second-order valence-corrected chi connectivity index (χ2v) is 5.33. The van der Waals surface area contributed by atoms with Gasteiger partial charge in [0.05, 0.1) is 17.3 Å². The summed E-state index contributed by atoms with van der Waals surface area (Å²) in [5.74, 6) is 0.0700. The number of nitrogens with zero attached hydrogens (tertiary/aromatic N) is 1. The van der Waals surface area contributed by atoms with Crippen LogP contribution in [0, 0.1) is 0 Å². The monoisotopic (exact) mass is 252 g/mol. The minimum Gasteiger partial charge on any atom is -0.308 e. The first-order chi connectivity index (χ1) is 8.02. The average Bonchev–Trinajstić information content (AvgIpc) is 2.39. The van der Waals surface area contributed by atoms with E-state index in [9.17, 15) is 4.79 Å². The summed E-state index contributed by atoms with van der Waals surface area (Å²) in [6, 6.07) is 7.49. The van der Waals surface area contributed by atoms with Crippen molar-refractivity contribution in [3.63, 3.8) is 0 Å². The zero-order valence-electron chi connectivity index (χ0n) is 10.2. The molecule has 1 aliphatic heterocycles. The SMILES string of the molecule is CC1(C)CCNCC(=O)N1c1ccccc1Cl. The molecule has 2 rings (SSSR count). The maximum Gasteiger partial charge on any atom is 0.241 e. The van der Waals surface area contributed by atoms with Gasteiger partial charge in [-0.1, -0.05) is 23.7 Å². The van der Waals surface area contributed by atoms with Crippen LogP contribution in [0.3, 0.4) is 0 Å². The highest BCUT2D eigenvalue weighted by molar-refractivity contribution is 6.33. The fourth-order valence-electron chi connectivity index (χ4n) is 2.21. The predicted octanol–water partition coefficient (Wildman–Crippen LogP) is 2.44. The number of amides is 1. The Morgan fingerprint density at radius 1 is 1.35 bits per heavy atom. The summed E-state index contributed by atoms with van der Waals surface area (Å²) < 4.78 is 0. The van der Waals surface area contributed by atoms with Gasteiger partial charge >= 0.3 is 0 Å². The fraction of sp³-hybridized carbons (Fsp3) is 0.462. The summed E-state index contributed by atoms with van der Waals surface area (Å²) >= 11 is 6.19. The Labute approximate surface area is 107 Å². The molecule has 1 N–H and O–H groups in total. The lowest BCUT2D eigenvalue weighted by molar-refractivity contribution is -0.118. The molecule has 0 unspecified atom stereocenters. The van der Waals surface area contributed by atoms with E-state index >= 15 is 0 Å². The van der Waals surface area contributed by atoms with E-state index in [1.165, 1.54) is 0 Å². The van der Waals surface area contributed by atoms with Crippen LogP contribution >= 0.6 is 11.6 Å². The molecule has 1 aromatic rings. The summed E-state index contributed by atoms with van der Waals surface area (Å²) in [6.07, 6.45) is 0.907. The van der Waals surface area contributed by atoms with Crippen LogP contribution in [-0.4, -0.2) is 24.5 Å². The van der Waals surface area contributed by atoms with Gasteiger partial charge in [-0.15, -0.1) is 0 Å².